The van der Waals surface area contributed by atoms with Crippen LogP contribution >= 0.6 is 22.6 Å². The van der Waals surface area contributed by atoms with Gasteiger partial charge in [-0.05, 0) is 35.6 Å². The number of carbonyl (C=O) groups excluding carboxylic acids is 1. The predicted molar refractivity (Wildman–Crippen MR) is 77.1 cm³/mol. The van der Waals surface area contributed by atoms with Crippen LogP contribution < -0.4 is 0 Å². The molecule has 0 aliphatic rings. The molecule has 2 rings (SSSR count). The SMILES string of the molecule is CCOC(=O)c1n[nH]nc1-c1ccc(I)c([N+](=O)[O-])c1. The Morgan fingerprint density at radius 2 is 2.25 bits per heavy atom. The van der Waals surface area contributed by atoms with Gasteiger partial charge in [-0.25, -0.2) is 4.79 Å². The highest BCUT2D eigenvalue weighted by atomic mass is 127. The minimum absolute atomic E-state index is 0.00218. The number of hydrogen-bond acceptors (Lipinski definition) is 6. The summed E-state index contributed by atoms with van der Waals surface area (Å²) in [5.41, 5.74) is 0.597. The standard InChI is InChI=1S/C11H9IN4O4/c1-2-20-11(17)10-9(13-15-14-10)6-3-4-7(12)8(5-6)16(18)19/h3-5H,2H2,1H3,(H,13,14,15). The van der Waals surface area contributed by atoms with Crippen molar-refractivity contribution >= 4 is 34.2 Å². The number of carbonyl (C=O) groups is 1. The Balaban J connectivity index is 2.48. The van der Waals surface area contributed by atoms with Gasteiger partial charge in [0.05, 0.1) is 15.1 Å². The number of nitro benzene ring substituents is 1. The largest absolute Gasteiger partial charge is 0.461 e. The Kier molecular flexibility index (Phi) is 4.27. The summed E-state index contributed by atoms with van der Waals surface area (Å²) >= 11 is 1.87. The summed E-state index contributed by atoms with van der Waals surface area (Å²) in [7, 11) is 0. The second-order valence-electron chi connectivity index (χ2n) is 3.66. The normalized spacial score (nSPS) is 10.3. The van der Waals surface area contributed by atoms with Crippen LogP contribution in [0.5, 0.6) is 0 Å². The molecule has 20 heavy (non-hydrogen) atoms. The van der Waals surface area contributed by atoms with Gasteiger partial charge in [-0.2, -0.15) is 10.3 Å². The van der Waals surface area contributed by atoms with Crippen LogP contribution in [0.15, 0.2) is 18.2 Å². The number of benzene rings is 1. The Morgan fingerprint density at radius 1 is 1.50 bits per heavy atom. The molecule has 104 valence electrons. The molecule has 1 heterocycles. The van der Waals surface area contributed by atoms with E-state index in [1.54, 1.807) is 19.1 Å². The maximum atomic E-state index is 11.7. The van der Waals surface area contributed by atoms with Crippen LogP contribution in [0.25, 0.3) is 11.3 Å². The molecule has 0 aliphatic heterocycles. The number of H-pyrrole nitrogens is 1. The molecule has 1 N–H and O–H groups in total. The second-order valence-corrected chi connectivity index (χ2v) is 4.83. The van der Waals surface area contributed by atoms with Gasteiger partial charge < -0.3 is 4.74 Å². The average molecular weight is 388 g/mol. The number of hydrogen-bond donors (Lipinski definition) is 1. The molecular formula is C11H9IN4O4. The molecule has 0 atom stereocenters. The molecule has 8 nitrogen and oxygen atoms in total. The van der Waals surface area contributed by atoms with Crippen molar-refractivity contribution in [3.63, 3.8) is 0 Å². The van der Waals surface area contributed by atoms with Crippen molar-refractivity contribution in [3.05, 3.63) is 37.6 Å². The maximum Gasteiger partial charge on any atom is 0.361 e. The van der Waals surface area contributed by atoms with Crippen molar-refractivity contribution in [1.29, 1.82) is 0 Å². The Bertz CT molecular complexity index is 670. The van der Waals surface area contributed by atoms with E-state index in [4.69, 9.17) is 4.74 Å². The van der Waals surface area contributed by atoms with E-state index in [0.29, 0.717) is 9.13 Å². The molecule has 9 heteroatoms. The lowest BCUT2D eigenvalue weighted by molar-refractivity contribution is -0.385. The van der Waals surface area contributed by atoms with Gasteiger partial charge in [0.2, 0.25) is 0 Å². The smallest absolute Gasteiger partial charge is 0.361 e. The van der Waals surface area contributed by atoms with Crippen LogP contribution in [0.1, 0.15) is 17.4 Å². The summed E-state index contributed by atoms with van der Waals surface area (Å²) in [5, 5.41) is 20.8. The van der Waals surface area contributed by atoms with Crippen LogP contribution in [0.2, 0.25) is 0 Å². The number of rotatable bonds is 4. The zero-order valence-corrected chi connectivity index (χ0v) is 12.4. The number of halogens is 1. The van der Waals surface area contributed by atoms with E-state index in [1.807, 2.05) is 22.6 Å². The zero-order chi connectivity index (χ0) is 14.7. The van der Waals surface area contributed by atoms with Gasteiger partial charge >= 0.3 is 5.97 Å². The number of nitrogens with zero attached hydrogens (tertiary/aromatic N) is 3. The number of aromatic nitrogens is 3. The molecule has 0 radical (unpaired) electrons. The van der Waals surface area contributed by atoms with E-state index in [9.17, 15) is 14.9 Å². The van der Waals surface area contributed by atoms with Crippen LogP contribution in [-0.2, 0) is 4.74 Å². The third kappa shape index (κ3) is 2.76. The Labute approximate surface area is 126 Å². The average Bonchev–Trinajstić information content (AvgIpc) is 2.88. The van der Waals surface area contributed by atoms with Gasteiger partial charge in [-0.15, -0.1) is 5.10 Å². The predicted octanol–water partition coefficient (Wildman–Crippen LogP) is 2.16. The number of aromatic amines is 1. The molecule has 1 aromatic heterocycles. The molecule has 2 aromatic rings. The van der Waals surface area contributed by atoms with Gasteiger partial charge in [-0.3, -0.25) is 10.1 Å². The molecule has 0 spiro atoms. The Hall–Kier alpha value is -2.04. The molecule has 0 amide bonds. The number of esters is 1. The molecule has 0 bridgehead atoms. The van der Waals surface area contributed by atoms with Crippen molar-refractivity contribution in [2.75, 3.05) is 6.61 Å². The third-order valence-corrected chi connectivity index (χ3v) is 3.35. The molecule has 0 fully saturated rings. The van der Waals surface area contributed by atoms with Gasteiger partial charge in [0.1, 0.15) is 5.69 Å². The fourth-order valence-corrected chi connectivity index (χ4v) is 2.11. The van der Waals surface area contributed by atoms with E-state index in [2.05, 4.69) is 15.4 Å². The minimum Gasteiger partial charge on any atom is -0.461 e. The van der Waals surface area contributed by atoms with E-state index in [-0.39, 0.29) is 23.7 Å². The minimum atomic E-state index is -0.627. The lowest BCUT2D eigenvalue weighted by Crippen LogP contribution is -2.06. The zero-order valence-electron chi connectivity index (χ0n) is 10.3. The maximum absolute atomic E-state index is 11.7. The van der Waals surface area contributed by atoms with Crippen molar-refractivity contribution in [2.45, 2.75) is 6.92 Å². The summed E-state index contributed by atoms with van der Waals surface area (Å²) in [6.07, 6.45) is 0. The molecule has 0 aliphatic carbocycles. The van der Waals surface area contributed by atoms with E-state index < -0.39 is 10.9 Å². The topological polar surface area (TPSA) is 111 Å². The van der Waals surface area contributed by atoms with Crippen LogP contribution in [-0.4, -0.2) is 32.9 Å². The van der Waals surface area contributed by atoms with Crippen molar-refractivity contribution in [2.24, 2.45) is 0 Å². The van der Waals surface area contributed by atoms with E-state index in [0.717, 1.165) is 0 Å². The van der Waals surface area contributed by atoms with Crippen LogP contribution in [0.3, 0.4) is 0 Å². The van der Waals surface area contributed by atoms with E-state index >= 15 is 0 Å². The van der Waals surface area contributed by atoms with Crippen molar-refractivity contribution in [3.8, 4) is 11.3 Å². The summed E-state index contributed by atoms with van der Waals surface area (Å²) < 4.78 is 5.35. The van der Waals surface area contributed by atoms with Gasteiger partial charge in [-0.1, -0.05) is 6.07 Å². The number of ether oxygens (including phenoxy) is 1. The molecule has 1 aromatic carbocycles. The molecular weight excluding hydrogens is 379 g/mol. The van der Waals surface area contributed by atoms with Gasteiger partial charge in [0.15, 0.2) is 5.69 Å². The summed E-state index contributed by atoms with van der Waals surface area (Å²) in [6.45, 7) is 1.88. The third-order valence-electron chi connectivity index (χ3n) is 2.43. The quantitative estimate of drug-likeness (QED) is 0.372. The summed E-state index contributed by atoms with van der Waals surface area (Å²) in [4.78, 5) is 22.1. The number of nitro groups is 1. The summed E-state index contributed by atoms with van der Waals surface area (Å²) in [5.74, 6) is -0.627. The summed E-state index contributed by atoms with van der Waals surface area (Å²) in [6, 6.07) is 4.56. The fourth-order valence-electron chi connectivity index (χ4n) is 1.57. The van der Waals surface area contributed by atoms with Gasteiger partial charge in [0.25, 0.3) is 5.69 Å². The first-order valence-corrected chi connectivity index (χ1v) is 6.64. The fraction of sp³-hybridized carbons (Fsp3) is 0.182. The molecule has 0 unspecified atom stereocenters. The molecule has 0 saturated carbocycles. The van der Waals surface area contributed by atoms with Crippen LogP contribution in [0.4, 0.5) is 5.69 Å². The number of nitrogens with one attached hydrogen (secondary N) is 1. The van der Waals surface area contributed by atoms with Crippen molar-refractivity contribution in [1.82, 2.24) is 15.4 Å². The highest BCUT2D eigenvalue weighted by Crippen LogP contribution is 2.28. The lowest BCUT2D eigenvalue weighted by atomic mass is 10.1. The highest BCUT2D eigenvalue weighted by molar-refractivity contribution is 14.1. The van der Waals surface area contributed by atoms with E-state index in [1.165, 1.54) is 6.07 Å². The molecule has 0 saturated heterocycles. The Morgan fingerprint density at radius 3 is 2.90 bits per heavy atom. The van der Waals surface area contributed by atoms with Crippen LogP contribution in [0, 0.1) is 13.7 Å². The monoisotopic (exact) mass is 388 g/mol. The van der Waals surface area contributed by atoms with Gasteiger partial charge in [0, 0.05) is 11.6 Å². The van der Waals surface area contributed by atoms with Crippen molar-refractivity contribution < 1.29 is 14.5 Å². The second kappa shape index (κ2) is 5.94. The first-order chi connectivity index (χ1) is 9.54. The highest BCUT2D eigenvalue weighted by Gasteiger charge is 2.21. The first kappa shape index (κ1) is 14.4. The first-order valence-electron chi connectivity index (χ1n) is 5.56. The lowest BCUT2D eigenvalue weighted by Gasteiger charge is -2.02.